The van der Waals surface area contributed by atoms with Gasteiger partial charge < -0.3 is 4.90 Å². The molecule has 24 heavy (non-hydrogen) atoms. The van der Waals surface area contributed by atoms with Gasteiger partial charge in [0.25, 0.3) is 0 Å². The zero-order valence-corrected chi connectivity index (χ0v) is 14.8. The van der Waals surface area contributed by atoms with E-state index < -0.39 is 9.84 Å². The number of piperazine rings is 1. The Morgan fingerprint density at radius 2 is 1.79 bits per heavy atom. The van der Waals surface area contributed by atoms with Gasteiger partial charge in [0.1, 0.15) is 5.82 Å². The summed E-state index contributed by atoms with van der Waals surface area (Å²) in [4.78, 5) is 16.3. The van der Waals surface area contributed by atoms with E-state index in [1.165, 1.54) is 12.1 Å². The van der Waals surface area contributed by atoms with Gasteiger partial charge in [0.15, 0.2) is 9.84 Å². The summed E-state index contributed by atoms with van der Waals surface area (Å²) in [7, 11) is -3.15. The lowest BCUT2D eigenvalue weighted by molar-refractivity contribution is -0.140. The van der Waals surface area contributed by atoms with Gasteiger partial charge >= 0.3 is 0 Å². The molecule has 1 amide bonds. The van der Waals surface area contributed by atoms with Crippen molar-refractivity contribution in [1.82, 2.24) is 9.80 Å². The van der Waals surface area contributed by atoms with Gasteiger partial charge in [0.05, 0.1) is 17.5 Å². The quantitative estimate of drug-likeness (QED) is 0.821. The SMILES string of the molecule is CC(C)C(=O)N1CCN(Cc2ccc(F)cc2)[C@@H]2CS(=O)(=O)C[C@@H]21. The molecule has 0 N–H and O–H groups in total. The van der Waals surface area contributed by atoms with E-state index in [1.54, 1.807) is 17.0 Å². The first-order valence-corrected chi connectivity index (χ1v) is 10.1. The predicted octanol–water partition coefficient (Wildman–Crippen LogP) is 1.29. The Hall–Kier alpha value is -1.47. The highest BCUT2D eigenvalue weighted by Gasteiger charge is 2.48. The van der Waals surface area contributed by atoms with E-state index in [2.05, 4.69) is 4.90 Å². The molecule has 1 aromatic rings. The monoisotopic (exact) mass is 354 g/mol. The molecule has 0 unspecified atom stereocenters. The second-order valence-corrected chi connectivity index (χ2v) is 9.15. The molecule has 132 valence electrons. The van der Waals surface area contributed by atoms with Crippen LogP contribution < -0.4 is 0 Å². The van der Waals surface area contributed by atoms with Crippen LogP contribution in [0, 0.1) is 11.7 Å². The molecule has 2 saturated heterocycles. The summed E-state index contributed by atoms with van der Waals surface area (Å²) in [5.41, 5.74) is 0.947. The lowest BCUT2D eigenvalue weighted by Gasteiger charge is -2.44. The van der Waals surface area contributed by atoms with Gasteiger partial charge in [-0.2, -0.15) is 0 Å². The summed E-state index contributed by atoms with van der Waals surface area (Å²) >= 11 is 0. The summed E-state index contributed by atoms with van der Waals surface area (Å²) in [5.74, 6) is -0.287. The molecule has 2 heterocycles. The van der Waals surface area contributed by atoms with Crippen LogP contribution in [0.15, 0.2) is 24.3 Å². The fourth-order valence-electron chi connectivity index (χ4n) is 3.65. The number of hydrogen-bond donors (Lipinski definition) is 0. The van der Waals surface area contributed by atoms with E-state index in [0.717, 1.165) is 5.56 Å². The summed E-state index contributed by atoms with van der Waals surface area (Å²) in [6.07, 6.45) is 0. The van der Waals surface area contributed by atoms with Gasteiger partial charge in [0.2, 0.25) is 5.91 Å². The molecular formula is C17H23FN2O3S. The van der Waals surface area contributed by atoms with Gasteiger partial charge in [-0.1, -0.05) is 26.0 Å². The van der Waals surface area contributed by atoms with Crippen LogP contribution in [0.4, 0.5) is 4.39 Å². The average molecular weight is 354 g/mol. The minimum atomic E-state index is -3.15. The van der Waals surface area contributed by atoms with Crippen LogP contribution in [0.3, 0.4) is 0 Å². The molecule has 2 fully saturated rings. The number of carbonyl (C=O) groups excluding carboxylic acids is 1. The maximum atomic E-state index is 13.1. The van der Waals surface area contributed by atoms with Gasteiger partial charge in [-0.05, 0) is 17.7 Å². The van der Waals surface area contributed by atoms with Crippen molar-refractivity contribution in [3.8, 4) is 0 Å². The summed E-state index contributed by atoms with van der Waals surface area (Å²) in [5, 5.41) is 0. The molecule has 0 spiro atoms. The summed E-state index contributed by atoms with van der Waals surface area (Å²) in [6.45, 7) is 5.42. The average Bonchev–Trinajstić information content (AvgIpc) is 2.84. The third kappa shape index (κ3) is 3.47. The van der Waals surface area contributed by atoms with Gasteiger partial charge in [-0.25, -0.2) is 12.8 Å². The van der Waals surface area contributed by atoms with Crippen molar-refractivity contribution in [1.29, 1.82) is 0 Å². The minimum absolute atomic E-state index is 0.0172. The first-order chi connectivity index (χ1) is 11.3. The molecule has 0 saturated carbocycles. The molecular weight excluding hydrogens is 331 g/mol. The Balaban J connectivity index is 1.81. The van der Waals surface area contributed by atoms with Crippen molar-refractivity contribution < 1.29 is 17.6 Å². The van der Waals surface area contributed by atoms with Gasteiger partial charge in [-0.3, -0.25) is 9.69 Å². The van der Waals surface area contributed by atoms with E-state index in [-0.39, 0.29) is 41.2 Å². The van der Waals surface area contributed by atoms with Crippen LogP contribution in [0.2, 0.25) is 0 Å². The largest absolute Gasteiger partial charge is 0.336 e. The highest BCUT2D eigenvalue weighted by Crippen LogP contribution is 2.29. The third-order valence-corrected chi connectivity index (χ3v) is 6.57. The normalized spacial score (nSPS) is 26.6. The van der Waals surface area contributed by atoms with Crippen LogP contribution in [0.25, 0.3) is 0 Å². The van der Waals surface area contributed by atoms with Crippen molar-refractivity contribution in [3.63, 3.8) is 0 Å². The second-order valence-electron chi connectivity index (χ2n) is 6.99. The first-order valence-electron chi connectivity index (χ1n) is 8.26. The maximum absolute atomic E-state index is 13.1. The Bertz CT molecular complexity index is 718. The summed E-state index contributed by atoms with van der Waals surface area (Å²) in [6, 6.07) is 5.81. The van der Waals surface area contributed by atoms with E-state index >= 15 is 0 Å². The van der Waals surface area contributed by atoms with Crippen molar-refractivity contribution in [2.45, 2.75) is 32.5 Å². The number of sulfone groups is 1. The van der Waals surface area contributed by atoms with E-state index in [0.29, 0.717) is 19.6 Å². The van der Waals surface area contributed by atoms with Crippen LogP contribution in [-0.4, -0.2) is 60.8 Å². The van der Waals surface area contributed by atoms with Crippen molar-refractivity contribution in [2.75, 3.05) is 24.6 Å². The smallest absolute Gasteiger partial charge is 0.225 e. The molecule has 7 heteroatoms. The number of hydrogen-bond acceptors (Lipinski definition) is 4. The van der Waals surface area contributed by atoms with Gasteiger partial charge in [-0.15, -0.1) is 0 Å². The standard InChI is InChI=1S/C17H23FN2O3S/c1-12(2)17(21)20-8-7-19(9-13-3-5-14(18)6-4-13)15-10-24(22,23)11-16(15)20/h3-6,12,15-16H,7-11H2,1-2H3/t15-,16+/m1/s1. The predicted molar refractivity (Wildman–Crippen MR) is 89.6 cm³/mol. The number of amides is 1. The van der Waals surface area contributed by atoms with Crippen LogP contribution in [-0.2, 0) is 21.2 Å². The first kappa shape index (κ1) is 17.4. The van der Waals surface area contributed by atoms with Crippen LogP contribution in [0.5, 0.6) is 0 Å². The third-order valence-electron chi connectivity index (χ3n) is 4.87. The Morgan fingerprint density at radius 3 is 2.42 bits per heavy atom. The Morgan fingerprint density at radius 1 is 1.17 bits per heavy atom. The highest BCUT2D eigenvalue weighted by atomic mass is 32.2. The molecule has 2 aliphatic rings. The number of benzene rings is 1. The molecule has 0 aromatic heterocycles. The van der Waals surface area contributed by atoms with E-state index in [4.69, 9.17) is 0 Å². The molecule has 3 rings (SSSR count). The van der Waals surface area contributed by atoms with Crippen molar-refractivity contribution in [2.24, 2.45) is 5.92 Å². The molecule has 2 aliphatic heterocycles. The second kappa shape index (κ2) is 6.44. The lowest BCUT2D eigenvalue weighted by atomic mass is 10.0. The zero-order valence-electron chi connectivity index (χ0n) is 14.0. The van der Waals surface area contributed by atoms with Crippen molar-refractivity contribution in [3.05, 3.63) is 35.6 Å². The Kier molecular flexibility index (Phi) is 4.66. The van der Waals surface area contributed by atoms with E-state index in [1.807, 2.05) is 13.8 Å². The van der Waals surface area contributed by atoms with Crippen LogP contribution >= 0.6 is 0 Å². The minimum Gasteiger partial charge on any atom is -0.336 e. The number of halogens is 1. The number of rotatable bonds is 3. The molecule has 5 nitrogen and oxygen atoms in total. The topological polar surface area (TPSA) is 57.7 Å². The number of carbonyl (C=O) groups is 1. The zero-order chi connectivity index (χ0) is 17.5. The molecule has 0 aliphatic carbocycles. The van der Waals surface area contributed by atoms with Crippen molar-refractivity contribution >= 4 is 15.7 Å². The lowest BCUT2D eigenvalue weighted by Crippen LogP contribution is -2.60. The maximum Gasteiger partial charge on any atom is 0.225 e. The molecule has 0 bridgehead atoms. The molecule has 1 aromatic carbocycles. The fraction of sp³-hybridized carbons (Fsp3) is 0.588. The highest BCUT2D eigenvalue weighted by molar-refractivity contribution is 7.91. The number of fused-ring (bicyclic) bond motifs is 1. The summed E-state index contributed by atoms with van der Waals surface area (Å²) < 4.78 is 37.4. The van der Waals surface area contributed by atoms with E-state index in [9.17, 15) is 17.6 Å². The molecule has 2 atom stereocenters. The molecule has 0 radical (unpaired) electrons. The van der Waals surface area contributed by atoms with Crippen LogP contribution in [0.1, 0.15) is 19.4 Å². The Labute approximate surface area is 142 Å². The fourth-order valence-corrected chi connectivity index (χ4v) is 5.66. The van der Waals surface area contributed by atoms with Gasteiger partial charge in [0, 0.05) is 31.6 Å². The number of nitrogens with zero attached hydrogens (tertiary/aromatic N) is 2.